The summed E-state index contributed by atoms with van der Waals surface area (Å²) in [6, 6.07) is 7.27. The van der Waals surface area contributed by atoms with Gasteiger partial charge in [0.25, 0.3) is 5.91 Å². The van der Waals surface area contributed by atoms with Crippen LogP contribution in [-0.2, 0) is 9.53 Å². The molecule has 4 nitrogen and oxygen atoms in total. The highest BCUT2D eigenvalue weighted by Crippen LogP contribution is 2.22. The first kappa shape index (κ1) is 14.4. The van der Waals surface area contributed by atoms with E-state index < -0.39 is 0 Å². The van der Waals surface area contributed by atoms with Crippen molar-refractivity contribution < 1.29 is 14.3 Å². The molecule has 6 heteroatoms. The Hall–Kier alpha value is -1.01. The van der Waals surface area contributed by atoms with Gasteiger partial charge in [0.15, 0.2) is 0 Å². The van der Waals surface area contributed by atoms with Gasteiger partial charge in [-0.05, 0) is 18.2 Å². The molecule has 0 saturated carbocycles. The molecule has 1 atom stereocenters. The third-order valence-corrected chi connectivity index (χ3v) is 4.54. The van der Waals surface area contributed by atoms with Crippen molar-refractivity contribution >= 4 is 39.6 Å². The van der Waals surface area contributed by atoms with Crippen LogP contribution in [0.3, 0.4) is 0 Å². The summed E-state index contributed by atoms with van der Waals surface area (Å²) in [5.74, 6) is 0.437. The van der Waals surface area contributed by atoms with Gasteiger partial charge >= 0.3 is 5.97 Å². The lowest BCUT2D eigenvalue weighted by atomic mass is 10.2. The standard InChI is InChI=1S/C13H14BrNO3S/c1-18-13(17)11-8-15(5-6-19-11)12(16)9-3-2-4-10(14)7-9/h2-4,7,11H,5-6,8H2,1H3/t11-/m1/s1. The molecule has 0 unspecified atom stereocenters. The molecule has 19 heavy (non-hydrogen) atoms. The summed E-state index contributed by atoms with van der Waals surface area (Å²) in [4.78, 5) is 25.6. The average Bonchev–Trinajstić information content (AvgIpc) is 2.45. The van der Waals surface area contributed by atoms with Crippen LogP contribution in [-0.4, -0.2) is 48.0 Å². The summed E-state index contributed by atoms with van der Waals surface area (Å²) in [7, 11) is 1.37. The predicted octanol–water partition coefficient (Wildman–Crippen LogP) is 2.18. The Morgan fingerprint density at radius 3 is 2.95 bits per heavy atom. The Morgan fingerprint density at radius 2 is 2.26 bits per heavy atom. The topological polar surface area (TPSA) is 46.6 Å². The zero-order valence-corrected chi connectivity index (χ0v) is 12.9. The lowest BCUT2D eigenvalue weighted by molar-refractivity contribution is -0.140. The maximum atomic E-state index is 12.4. The molecule has 1 aromatic rings. The number of hydrogen-bond acceptors (Lipinski definition) is 4. The molecule has 1 aliphatic rings. The van der Waals surface area contributed by atoms with E-state index in [9.17, 15) is 9.59 Å². The molecule has 1 saturated heterocycles. The SMILES string of the molecule is COC(=O)[C@H]1CN(C(=O)c2cccc(Br)c2)CCS1. The van der Waals surface area contributed by atoms with E-state index in [1.807, 2.05) is 12.1 Å². The smallest absolute Gasteiger partial charge is 0.320 e. The number of methoxy groups -OCH3 is 1. The van der Waals surface area contributed by atoms with Crippen molar-refractivity contribution in [3.05, 3.63) is 34.3 Å². The van der Waals surface area contributed by atoms with Crippen LogP contribution in [0.5, 0.6) is 0 Å². The number of amides is 1. The van der Waals surface area contributed by atoms with Crippen LogP contribution in [0, 0.1) is 0 Å². The molecule has 0 radical (unpaired) electrons. The molecule has 1 heterocycles. The molecule has 102 valence electrons. The van der Waals surface area contributed by atoms with Gasteiger partial charge in [-0.25, -0.2) is 0 Å². The summed E-state index contributed by atoms with van der Waals surface area (Å²) in [6.45, 7) is 1.06. The number of halogens is 1. The lowest BCUT2D eigenvalue weighted by Crippen LogP contribution is -2.44. The van der Waals surface area contributed by atoms with Gasteiger partial charge in [0.2, 0.25) is 0 Å². The Labute approximate surface area is 124 Å². The first-order valence-electron chi connectivity index (χ1n) is 5.86. The molecule has 0 bridgehead atoms. The molecule has 1 aromatic carbocycles. The van der Waals surface area contributed by atoms with Crippen LogP contribution in [0.4, 0.5) is 0 Å². The van der Waals surface area contributed by atoms with Gasteiger partial charge in [0, 0.05) is 28.9 Å². The van der Waals surface area contributed by atoms with Crippen LogP contribution in [0.25, 0.3) is 0 Å². The second-order valence-electron chi connectivity index (χ2n) is 4.14. The van der Waals surface area contributed by atoms with Gasteiger partial charge in [-0.15, -0.1) is 11.8 Å². The van der Waals surface area contributed by atoms with E-state index in [1.165, 1.54) is 18.9 Å². The number of ether oxygens (including phenoxy) is 1. The van der Waals surface area contributed by atoms with Crippen LogP contribution >= 0.6 is 27.7 Å². The Kier molecular flexibility index (Phi) is 4.87. The Bertz CT molecular complexity index is 495. The van der Waals surface area contributed by atoms with Crippen LogP contribution < -0.4 is 0 Å². The minimum Gasteiger partial charge on any atom is -0.468 e. The fourth-order valence-electron chi connectivity index (χ4n) is 1.91. The number of carbonyl (C=O) groups is 2. The molecule has 2 rings (SSSR count). The van der Waals surface area contributed by atoms with E-state index in [1.54, 1.807) is 17.0 Å². The molecule has 1 amide bonds. The summed E-state index contributed by atoms with van der Waals surface area (Å²) >= 11 is 4.89. The van der Waals surface area contributed by atoms with E-state index >= 15 is 0 Å². The highest BCUT2D eigenvalue weighted by atomic mass is 79.9. The van der Waals surface area contributed by atoms with Crippen LogP contribution in [0.2, 0.25) is 0 Å². The Balaban J connectivity index is 2.09. The van der Waals surface area contributed by atoms with Gasteiger partial charge < -0.3 is 9.64 Å². The summed E-state index contributed by atoms with van der Waals surface area (Å²) in [5.41, 5.74) is 0.630. The first-order valence-corrected chi connectivity index (χ1v) is 7.70. The summed E-state index contributed by atoms with van der Waals surface area (Å²) in [6.07, 6.45) is 0. The Morgan fingerprint density at radius 1 is 1.47 bits per heavy atom. The molecule has 0 aromatic heterocycles. The third-order valence-electron chi connectivity index (χ3n) is 2.89. The largest absolute Gasteiger partial charge is 0.468 e. The molecular formula is C13H14BrNO3S. The number of thioether (sulfide) groups is 1. The highest BCUT2D eigenvalue weighted by Gasteiger charge is 2.30. The van der Waals surface area contributed by atoms with E-state index in [-0.39, 0.29) is 17.1 Å². The number of carbonyl (C=O) groups excluding carboxylic acids is 2. The van der Waals surface area contributed by atoms with Crippen molar-refractivity contribution in [1.29, 1.82) is 0 Å². The molecule has 0 N–H and O–H groups in total. The van der Waals surface area contributed by atoms with E-state index in [0.717, 1.165) is 10.2 Å². The van der Waals surface area contributed by atoms with E-state index in [0.29, 0.717) is 18.7 Å². The minimum atomic E-state index is -0.283. The van der Waals surface area contributed by atoms with E-state index in [4.69, 9.17) is 4.74 Å². The quantitative estimate of drug-likeness (QED) is 0.772. The summed E-state index contributed by atoms with van der Waals surface area (Å²) in [5, 5.41) is -0.283. The maximum Gasteiger partial charge on any atom is 0.320 e. The van der Waals surface area contributed by atoms with Gasteiger partial charge in [-0.2, -0.15) is 0 Å². The first-order chi connectivity index (χ1) is 9.11. The monoisotopic (exact) mass is 343 g/mol. The normalized spacial score (nSPS) is 19.1. The zero-order valence-electron chi connectivity index (χ0n) is 10.5. The van der Waals surface area contributed by atoms with Crippen molar-refractivity contribution in [2.45, 2.75) is 5.25 Å². The van der Waals surface area contributed by atoms with Crippen LogP contribution in [0.15, 0.2) is 28.7 Å². The van der Waals surface area contributed by atoms with Gasteiger partial charge in [0.1, 0.15) is 5.25 Å². The molecule has 1 aliphatic heterocycles. The number of hydrogen-bond donors (Lipinski definition) is 0. The third kappa shape index (κ3) is 3.51. The maximum absolute atomic E-state index is 12.4. The van der Waals surface area contributed by atoms with Gasteiger partial charge in [0.05, 0.1) is 7.11 Å². The number of esters is 1. The van der Waals surface area contributed by atoms with Crippen LogP contribution in [0.1, 0.15) is 10.4 Å². The van der Waals surface area contributed by atoms with Crippen molar-refractivity contribution in [2.24, 2.45) is 0 Å². The molecule has 1 fully saturated rings. The molecule has 0 aliphatic carbocycles. The predicted molar refractivity (Wildman–Crippen MR) is 78.3 cm³/mol. The fourth-order valence-corrected chi connectivity index (χ4v) is 3.44. The minimum absolute atomic E-state index is 0.0458. The van der Waals surface area contributed by atoms with Crippen molar-refractivity contribution in [3.8, 4) is 0 Å². The van der Waals surface area contributed by atoms with Gasteiger partial charge in [-0.3, -0.25) is 9.59 Å². The number of benzene rings is 1. The molecular weight excluding hydrogens is 330 g/mol. The molecule has 0 spiro atoms. The lowest BCUT2D eigenvalue weighted by Gasteiger charge is -2.31. The second kappa shape index (κ2) is 6.43. The second-order valence-corrected chi connectivity index (χ2v) is 6.37. The zero-order chi connectivity index (χ0) is 13.8. The van der Waals surface area contributed by atoms with Gasteiger partial charge in [-0.1, -0.05) is 22.0 Å². The van der Waals surface area contributed by atoms with Crippen molar-refractivity contribution in [1.82, 2.24) is 4.90 Å². The number of rotatable bonds is 2. The van der Waals surface area contributed by atoms with Crippen molar-refractivity contribution in [2.75, 3.05) is 26.0 Å². The highest BCUT2D eigenvalue weighted by molar-refractivity contribution is 9.10. The average molecular weight is 344 g/mol. The van der Waals surface area contributed by atoms with Crippen molar-refractivity contribution in [3.63, 3.8) is 0 Å². The number of nitrogens with zero attached hydrogens (tertiary/aromatic N) is 1. The van der Waals surface area contributed by atoms with E-state index in [2.05, 4.69) is 15.9 Å². The summed E-state index contributed by atoms with van der Waals surface area (Å²) < 4.78 is 5.61. The fraction of sp³-hybridized carbons (Fsp3) is 0.385.